The van der Waals surface area contributed by atoms with Gasteiger partial charge in [-0.15, -0.1) is 0 Å². The number of ether oxygens (including phenoxy) is 1. The molecule has 5 N–H and O–H groups in total. The average molecular weight is 295 g/mol. The van der Waals surface area contributed by atoms with Crippen LogP contribution in [-0.4, -0.2) is 32.3 Å². The van der Waals surface area contributed by atoms with Crippen LogP contribution in [0.3, 0.4) is 0 Å². The number of anilines is 3. The molecule has 2 heterocycles. The maximum Gasteiger partial charge on any atom is 0.343 e. The molecule has 0 saturated heterocycles. The van der Waals surface area contributed by atoms with Crippen LogP contribution in [-0.2, 0) is 11.3 Å². The molecule has 0 radical (unpaired) electrons. The van der Waals surface area contributed by atoms with Crippen molar-refractivity contribution in [2.24, 2.45) is 0 Å². The van der Waals surface area contributed by atoms with Gasteiger partial charge in [-0.2, -0.15) is 19.3 Å². The van der Waals surface area contributed by atoms with E-state index >= 15 is 0 Å². The van der Waals surface area contributed by atoms with E-state index < -0.39 is 5.97 Å². The number of carbonyl (C=O) groups is 1. The smallest absolute Gasteiger partial charge is 0.343 e. The van der Waals surface area contributed by atoms with Crippen molar-refractivity contribution in [2.75, 3.05) is 23.8 Å². The normalized spacial score (nSPS) is 10.3. The second-order valence-electron chi connectivity index (χ2n) is 3.77. The fourth-order valence-electron chi connectivity index (χ4n) is 1.50. The van der Waals surface area contributed by atoms with Gasteiger partial charge in [-0.1, -0.05) is 0 Å². The fourth-order valence-corrected chi connectivity index (χ4v) is 2.24. The quantitative estimate of drug-likeness (QED) is 0.674. The number of esters is 1. The van der Waals surface area contributed by atoms with Gasteiger partial charge in [0.2, 0.25) is 11.9 Å². The molecule has 0 spiro atoms. The second-order valence-corrected chi connectivity index (χ2v) is 4.54. The maximum atomic E-state index is 12.0. The van der Waals surface area contributed by atoms with Crippen LogP contribution >= 0.6 is 11.5 Å². The van der Waals surface area contributed by atoms with Gasteiger partial charge >= 0.3 is 5.97 Å². The van der Waals surface area contributed by atoms with Gasteiger partial charge in [-0.3, -0.25) is 0 Å². The molecule has 2 rings (SSSR count). The first kappa shape index (κ1) is 13.9. The van der Waals surface area contributed by atoms with E-state index in [1.165, 1.54) is 11.5 Å². The van der Waals surface area contributed by atoms with Gasteiger partial charge in [0.25, 0.3) is 0 Å². The predicted octanol–water partition coefficient (Wildman–Crippen LogP) is 0.200. The lowest BCUT2D eigenvalue weighted by atomic mass is 10.2. The molecule has 2 aromatic rings. The highest BCUT2D eigenvalue weighted by Crippen LogP contribution is 2.24. The van der Waals surface area contributed by atoms with Gasteiger partial charge in [0.05, 0.1) is 5.69 Å². The minimum absolute atomic E-state index is 0.0205. The summed E-state index contributed by atoms with van der Waals surface area (Å²) in [5, 5.41) is 3.53. The molecule has 20 heavy (non-hydrogen) atoms. The standard InChI is InChI=1S/C10H13N7O2S/c1-4-6(7(13-2)20-17-4)8(18)19-3-5-14-9(11)16-10(12)15-5/h13H,3H2,1-2H3,(H4,11,12,14,15,16). The molecular weight excluding hydrogens is 282 g/mol. The first-order valence-corrected chi connectivity index (χ1v) is 6.35. The molecule has 0 aliphatic rings. The van der Waals surface area contributed by atoms with Gasteiger partial charge in [0.15, 0.2) is 12.4 Å². The summed E-state index contributed by atoms with van der Waals surface area (Å²) in [5.74, 6) is -0.367. The number of rotatable bonds is 4. The summed E-state index contributed by atoms with van der Waals surface area (Å²) in [7, 11) is 1.71. The third kappa shape index (κ3) is 2.91. The Morgan fingerprint density at radius 2 is 1.95 bits per heavy atom. The number of hydrogen-bond donors (Lipinski definition) is 3. The minimum atomic E-state index is -0.516. The zero-order valence-electron chi connectivity index (χ0n) is 10.9. The second kappa shape index (κ2) is 5.65. The number of carbonyl (C=O) groups excluding carboxylic acids is 1. The predicted molar refractivity (Wildman–Crippen MR) is 74.2 cm³/mol. The molecule has 0 saturated carbocycles. The van der Waals surface area contributed by atoms with Crippen molar-refractivity contribution in [3.05, 3.63) is 17.1 Å². The van der Waals surface area contributed by atoms with Crippen LogP contribution in [0.4, 0.5) is 16.9 Å². The Bertz CT molecular complexity index is 622. The maximum absolute atomic E-state index is 12.0. The Hall–Kier alpha value is -2.49. The van der Waals surface area contributed by atoms with E-state index in [-0.39, 0.29) is 24.3 Å². The highest BCUT2D eigenvalue weighted by atomic mass is 32.1. The lowest BCUT2D eigenvalue weighted by molar-refractivity contribution is 0.0462. The summed E-state index contributed by atoms with van der Waals surface area (Å²) in [4.78, 5) is 23.3. The summed E-state index contributed by atoms with van der Waals surface area (Å²) in [6.45, 7) is 1.58. The van der Waals surface area contributed by atoms with Crippen molar-refractivity contribution >= 4 is 34.4 Å². The van der Waals surface area contributed by atoms with Gasteiger partial charge in [-0.05, 0) is 18.5 Å². The molecule has 0 atom stereocenters. The van der Waals surface area contributed by atoms with Crippen molar-refractivity contribution < 1.29 is 9.53 Å². The molecule has 0 unspecified atom stereocenters. The number of nitrogen functional groups attached to an aromatic ring is 2. The lowest BCUT2D eigenvalue weighted by Crippen LogP contribution is -2.12. The van der Waals surface area contributed by atoms with E-state index in [1.54, 1.807) is 14.0 Å². The van der Waals surface area contributed by atoms with Gasteiger partial charge in [0, 0.05) is 7.05 Å². The zero-order valence-corrected chi connectivity index (χ0v) is 11.7. The van der Waals surface area contributed by atoms with Gasteiger partial charge < -0.3 is 21.5 Å². The summed E-state index contributed by atoms with van der Waals surface area (Å²) in [6, 6.07) is 0. The van der Waals surface area contributed by atoms with E-state index in [2.05, 4.69) is 24.6 Å². The summed E-state index contributed by atoms with van der Waals surface area (Å²) in [6.07, 6.45) is 0. The molecule has 10 heteroatoms. The molecule has 0 amide bonds. The Morgan fingerprint density at radius 3 is 2.55 bits per heavy atom. The SMILES string of the molecule is CNc1snc(C)c1C(=O)OCc1nc(N)nc(N)n1. The van der Waals surface area contributed by atoms with E-state index in [9.17, 15) is 4.79 Å². The third-order valence-electron chi connectivity index (χ3n) is 2.34. The van der Waals surface area contributed by atoms with Crippen molar-refractivity contribution in [3.63, 3.8) is 0 Å². The van der Waals surface area contributed by atoms with E-state index in [1.807, 2.05) is 0 Å². The lowest BCUT2D eigenvalue weighted by Gasteiger charge is -2.05. The number of hydrogen-bond acceptors (Lipinski definition) is 10. The third-order valence-corrected chi connectivity index (χ3v) is 3.30. The molecule has 106 valence electrons. The Kier molecular flexibility index (Phi) is 3.94. The monoisotopic (exact) mass is 295 g/mol. The number of nitrogens with one attached hydrogen (secondary N) is 1. The van der Waals surface area contributed by atoms with Crippen LogP contribution in [0, 0.1) is 6.92 Å². The van der Waals surface area contributed by atoms with Gasteiger partial charge in [-0.25, -0.2) is 4.79 Å². The highest BCUT2D eigenvalue weighted by molar-refractivity contribution is 7.10. The van der Waals surface area contributed by atoms with Crippen LogP contribution in [0.5, 0.6) is 0 Å². The van der Waals surface area contributed by atoms with Crippen molar-refractivity contribution in [2.45, 2.75) is 13.5 Å². The molecule has 0 bridgehead atoms. The molecule has 0 aliphatic heterocycles. The summed E-state index contributed by atoms with van der Waals surface area (Å²) < 4.78 is 9.22. The van der Waals surface area contributed by atoms with E-state index in [0.717, 1.165) is 0 Å². The highest BCUT2D eigenvalue weighted by Gasteiger charge is 2.19. The number of nitrogens with zero attached hydrogens (tertiary/aromatic N) is 4. The van der Waals surface area contributed by atoms with Crippen LogP contribution in [0.1, 0.15) is 21.9 Å². The number of aryl methyl sites for hydroxylation is 1. The Morgan fingerprint density at radius 1 is 1.30 bits per heavy atom. The van der Waals surface area contributed by atoms with Crippen LogP contribution in [0.25, 0.3) is 0 Å². The topological polar surface area (TPSA) is 142 Å². The molecular formula is C10H13N7O2S. The van der Waals surface area contributed by atoms with Crippen molar-refractivity contribution in [1.82, 2.24) is 19.3 Å². The number of aromatic nitrogens is 4. The van der Waals surface area contributed by atoms with Crippen molar-refractivity contribution in [1.29, 1.82) is 0 Å². The zero-order chi connectivity index (χ0) is 14.7. The summed E-state index contributed by atoms with van der Waals surface area (Å²) in [5.41, 5.74) is 11.9. The first-order chi connectivity index (χ1) is 9.51. The number of nitrogens with two attached hydrogens (primary N) is 2. The molecule has 0 fully saturated rings. The fraction of sp³-hybridized carbons (Fsp3) is 0.300. The Balaban J connectivity index is 2.10. The molecule has 0 aromatic carbocycles. The van der Waals surface area contributed by atoms with Crippen LogP contribution < -0.4 is 16.8 Å². The summed E-state index contributed by atoms with van der Waals surface area (Å²) >= 11 is 1.19. The Labute approximate surface area is 118 Å². The molecule has 2 aromatic heterocycles. The van der Waals surface area contributed by atoms with Crippen molar-refractivity contribution in [3.8, 4) is 0 Å². The average Bonchev–Trinajstić information content (AvgIpc) is 2.76. The van der Waals surface area contributed by atoms with Gasteiger partial charge in [0.1, 0.15) is 10.6 Å². The molecule has 9 nitrogen and oxygen atoms in total. The largest absolute Gasteiger partial charge is 0.454 e. The van der Waals surface area contributed by atoms with Crippen LogP contribution in [0.15, 0.2) is 0 Å². The molecule has 0 aliphatic carbocycles. The van der Waals surface area contributed by atoms with E-state index in [4.69, 9.17) is 16.2 Å². The first-order valence-electron chi connectivity index (χ1n) is 5.58. The van der Waals surface area contributed by atoms with E-state index in [0.29, 0.717) is 16.3 Å². The van der Waals surface area contributed by atoms with Crippen LogP contribution in [0.2, 0.25) is 0 Å². The minimum Gasteiger partial charge on any atom is -0.454 e.